The number of carbonyl (C=O) groups is 1. The summed E-state index contributed by atoms with van der Waals surface area (Å²) in [5.74, 6) is 1.48. The Kier molecular flexibility index (Phi) is 6.43. The molecule has 1 radical (unpaired) electrons. The van der Waals surface area contributed by atoms with Crippen LogP contribution in [0.3, 0.4) is 0 Å². The van der Waals surface area contributed by atoms with Crippen LogP contribution in [0.5, 0.6) is 0 Å². The van der Waals surface area contributed by atoms with Crippen molar-refractivity contribution in [1.82, 2.24) is 14.8 Å². The average molecular weight is 410 g/mol. The van der Waals surface area contributed by atoms with Crippen LogP contribution in [0.25, 0.3) is 16.8 Å². The third kappa shape index (κ3) is 5.19. The van der Waals surface area contributed by atoms with Crippen LogP contribution in [0.2, 0.25) is 0 Å². The topological polar surface area (TPSA) is 61.4 Å². The molecule has 0 amide bonds. The van der Waals surface area contributed by atoms with E-state index in [0.717, 1.165) is 59.0 Å². The maximum absolute atomic E-state index is 10.7. The van der Waals surface area contributed by atoms with Crippen molar-refractivity contribution in [1.29, 1.82) is 0 Å². The lowest BCUT2D eigenvalue weighted by molar-refractivity contribution is 0.486. The minimum absolute atomic E-state index is 0.682. The third-order valence-electron chi connectivity index (χ3n) is 5.25. The Morgan fingerprint density at radius 3 is 2.48 bits per heavy atom. The van der Waals surface area contributed by atoms with Crippen LogP contribution < -0.4 is 10.2 Å². The van der Waals surface area contributed by atoms with E-state index < -0.39 is 0 Å². The lowest BCUT2D eigenvalue weighted by atomic mass is 9.91. The van der Waals surface area contributed by atoms with E-state index in [2.05, 4.69) is 40.6 Å². The largest absolute Gasteiger partial charge is 0.378 e. The number of hydrogen-bond acceptors (Lipinski definition) is 6. The normalized spacial score (nSPS) is 13.9. The summed E-state index contributed by atoms with van der Waals surface area (Å²) in [5, 5.41) is 3.43. The summed E-state index contributed by atoms with van der Waals surface area (Å²) in [5.41, 5.74) is 5.13. The first kappa shape index (κ1) is 20.8. The maximum Gasteiger partial charge on any atom is 0.293 e. The molecule has 0 saturated carbocycles. The molecule has 7 heteroatoms. The van der Waals surface area contributed by atoms with Gasteiger partial charge >= 0.3 is 0 Å². The molecule has 1 aliphatic rings. The Balaban J connectivity index is 1.66. The van der Waals surface area contributed by atoms with E-state index in [1.54, 1.807) is 7.41 Å². The van der Waals surface area contributed by atoms with Gasteiger partial charge in [0.05, 0.1) is 11.9 Å². The number of hydrogen-bond donors (Lipinski definition) is 1. The smallest absolute Gasteiger partial charge is 0.293 e. The van der Waals surface area contributed by atoms with Crippen molar-refractivity contribution in [3.8, 4) is 11.3 Å². The van der Waals surface area contributed by atoms with Crippen molar-refractivity contribution in [3.63, 3.8) is 0 Å². The van der Waals surface area contributed by atoms with E-state index in [0.29, 0.717) is 6.54 Å². The van der Waals surface area contributed by atoms with Crippen molar-refractivity contribution >= 4 is 36.4 Å². The standard InChI is InChI=1S/C24H25BN5O/c1-29(2)21-10-8-20(9-11-21)26-23-16-22(18-6-4-3-5-7-18)27-24(28-23)19-12-14-30(15-13-19)25-17-31/h3-12,16-17H,13-15H2,1-2H3,(H,26,27,28). The quantitative estimate of drug-likeness (QED) is 0.472. The summed E-state index contributed by atoms with van der Waals surface area (Å²) in [6.45, 7) is 1.46. The average Bonchev–Trinajstić information content (AvgIpc) is 2.80. The van der Waals surface area contributed by atoms with Gasteiger partial charge in [0.15, 0.2) is 5.82 Å². The van der Waals surface area contributed by atoms with E-state index >= 15 is 0 Å². The highest BCUT2D eigenvalue weighted by Crippen LogP contribution is 2.27. The van der Waals surface area contributed by atoms with Crippen LogP contribution in [-0.4, -0.2) is 55.6 Å². The Hall–Kier alpha value is -3.45. The van der Waals surface area contributed by atoms with Gasteiger partial charge in [0.25, 0.3) is 7.41 Å². The summed E-state index contributed by atoms with van der Waals surface area (Å²) >= 11 is 0. The number of anilines is 3. The summed E-state index contributed by atoms with van der Waals surface area (Å²) < 4.78 is 0. The number of benzene rings is 2. The molecule has 0 unspecified atom stereocenters. The molecule has 4 rings (SSSR count). The molecule has 1 aromatic heterocycles. The fourth-order valence-corrected chi connectivity index (χ4v) is 3.51. The molecule has 0 aliphatic carbocycles. The monoisotopic (exact) mass is 410 g/mol. The van der Waals surface area contributed by atoms with Crippen LogP contribution >= 0.6 is 0 Å². The molecule has 155 valence electrons. The van der Waals surface area contributed by atoms with Crippen LogP contribution in [0.15, 0.2) is 66.7 Å². The van der Waals surface area contributed by atoms with Gasteiger partial charge in [-0.25, -0.2) is 9.97 Å². The highest BCUT2D eigenvalue weighted by molar-refractivity contribution is 6.64. The number of nitrogens with zero attached hydrogens (tertiary/aromatic N) is 4. The van der Waals surface area contributed by atoms with Gasteiger partial charge in [-0.1, -0.05) is 36.4 Å². The second kappa shape index (κ2) is 9.58. The molecule has 0 bridgehead atoms. The number of nitrogens with one attached hydrogen (secondary N) is 1. The van der Waals surface area contributed by atoms with Crippen LogP contribution in [0, 0.1) is 0 Å². The Bertz CT molecular complexity index is 1070. The highest BCUT2D eigenvalue weighted by Gasteiger charge is 2.17. The number of aromatic nitrogens is 2. The zero-order valence-corrected chi connectivity index (χ0v) is 17.8. The Morgan fingerprint density at radius 1 is 1.06 bits per heavy atom. The van der Waals surface area contributed by atoms with E-state index in [4.69, 9.17) is 9.97 Å². The lowest BCUT2D eigenvalue weighted by Gasteiger charge is -2.23. The molecule has 0 fully saturated rings. The fourth-order valence-electron chi connectivity index (χ4n) is 3.51. The lowest BCUT2D eigenvalue weighted by Crippen LogP contribution is -2.33. The van der Waals surface area contributed by atoms with E-state index in [1.807, 2.05) is 55.3 Å². The van der Waals surface area contributed by atoms with Crippen molar-refractivity contribution in [2.75, 3.05) is 37.4 Å². The summed E-state index contributed by atoms with van der Waals surface area (Å²) in [6.07, 6.45) is 3.72. The molecule has 0 atom stereocenters. The van der Waals surface area contributed by atoms with Gasteiger partial charge in [0.2, 0.25) is 0 Å². The molecule has 2 heterocycles. The molecule has 2 aromatic carbocycles. The molecule has 6 nitrogen and oxygen atoms in total. The van der Waals surface area contributed by atoms with Crippen LogP contribution in [-0.2, 0) is 4.79 Å². The molecular weight excluding hydrogens is 385 g/mol. The van der Waals surface area contributed by atoms with Gasteiger partial charge in [-0.15, -0.1) is 0 Å². The molecule has 0 saturated heterocycles. The second-order valence-electron chi connectivity index (χ2n) is 7.65. The number of rotatable bonds is 7. The van der Waals surface area contributed by atoms with E-state index in [9.17, 15) is 4.79 Å². The van der Waals surface area contributed by atoms with Crippen molar-refractivity contribution < 1.29 is 4.79 Å². The van der Waals surface area contributed by atoms with Gasteiger partial charge in [-0.2, -0.15) is 0 Å². The zero-order valence-electron chi connectivity index (χ0n) is 17.8. The molecule has 0 spiro atoms. The molecular formula is C24H25BN5O. The molecule has 1 aliphatic heterocycles. The van der Waals surface area contributed by atoms with Gasteiger partial charge in [-0.05, 0) is 42.8 Å². The summed E-state index contributed by atoms with van der Waals surface area (Å²) in [6, 6.07) is 20.4. The second-order valence-corrected chi connectivity index (χ2v) is 7.65. The predicted molar refractivity (Wildman–Crippen MR) is 128 cm³/mol. The minimum Gasteiger partial charge on any atom is -0.378 e. The SMILES string of the molecule is CN(C)c1ccc(Nc2cc(-c3ccccc3)nc(C3=CCN([B]C=O)CC3)n2)cc1. The maximum atomic E-state index is 10.7. The summed E-state index contributed by atoms with van der Waals surface area (Å²) in [7, 11) is 5.63. The summed E-state index contributed by atoms with van der Waals surface area (Å²) in [4.78, 5) is 24.5. The minimum atomic E-state index is 0.682. The van der Waals surface area contributed by atoms with Crippen LogP contribution in [0.4, 0.5) is 17.2 Å². The van der Waals surface area contributed by atoms with Crippen molar-refractivity contribution in [2.45, 2.75) is 6.42 Å². The molecule has 3 aromatic rings. The van der Waals surface area contributed by atoms with Gasteiger partial charge in [-0.3, -0.25) is 0 Å². The van der Waals surface area contributed by atoms with Crippen LogP contribution in [0.1, 0.15) is 12.2 Å². The van der Waals surface area contributed by atoms with E-state index in [-0.39, 0.29) is 0 Å². The first-order valence-electron chi connectivity index (χ1n) is 10.3. The van der Waals surface area contributed by atoms with Gasteiger partial charge in [0, 0.05) is 43.6 Å². The highest BCUT2D eigenvalue weighted by atomic mass is 16.1. The number of carbonyl (C=O) groups excluding carboxylic acids is 1. The zero-order chi connectivity index (χ0) is 21.6. The first-order chi connectivity index (χ1) is 15.1. The molecule has 31 heavy (non-hydrogen) atoms. The first-order valence-corrected chi connectivity index (χ1v) is 10.3. The Labute approximate surface area is 183 Å². The predicted octanol–water partition coefficient (Wildman–Crippen LogP) is 3.85. The third-order valence-corrected chi connectivity index (χ3v) is 5.25. The van der Waals surface area contributed by atoms with Gasteiger partial charge < -0.3 is 19.8 Å². The van der Waals surface area contributed by atoms with Gasteiger partial charge in [0.1, 0.15) is 5.82 Å². The Morgan fingerprint density at radius 2 is 1.84 bits per heavy atom. The molecule has 1 N–H and O–H groups in total. The van der Waals surface area contributed by atoms with E-state index in [1.165, 1.54) is 0 Å². The fraction of sp³-hybridized carbons (Fsp3) is 0.208. The van der Waals surface area contributed by atoms with Crippen molar-refractivity contribution in [3.05, 3.63) is 72.6 Å². The van der Waals surface area contributed by atoms with Crippen molar-refractivity contribution in [2.24, 2.45) is 0 Å².